The van der Waals surface area contributed by atoms with Crippen LogP contribution in [0.5, 0.6) is 0 Å². The zero-order valence-corrected chi connectivity index (χ0v) is 21.0. The smallest absolute Gasteiger partial charge is 0.240 e. The van der Waals surface area contributed by atoms with Gasteiger partial charge in [0.15, 0.2) is 0 Å². The number of benzene rings is 2. The Kier molecular flexibility index (Phi) is 8.20. The highest BCUT2D eigenvalue weighted by Crippen LogP contribution is 2.23. The van der Waals surface area contributed by atoms with E-state index in [0.29, 0.717) is 37.0 Å². The third kappa shape index (κ3) is 6.49. The summed E-state index contributed by atoms with van der Waals surface area (Å²) in [5, 5.41) is 4.10. The van der Waals surface area contributed by atoms with E-state index in [-0.39, 0.29) is 11.8 Å². The van der Waals surface area contributed by atoms with Gasteiger partial charge in [0.05, 0.1) is 17.8 Å². The molecule has 35 heavy (non-hydrogen) atoms. The summed E-state index contributed by atoms with van der Waals surface area (Å²) >= 11 is 1.57. The first-order chi connectivity index (χ1) is 16.9. The summed E-state index contributed by atoms with van der Waals surface area (Å²) in [6, 6.07) is 17.2. The van der Waals surface area contributed by atoms with Crippen LogP contribution in [-0.2, 0) is 16.1 Å². The molecule has 1 aromatic heterocycles. The number of hydrogen-bond donors (Lipinski definition) is 2. The lowest BCUT2D eigenvalue weighted by atomic mass is 10.0. The van der Waals surface area contributed by atoms with Crippen molar-refractivity contribution in [3.63, 3.8) is 0 Å². The summed E-state index contributed by atoms with van der Waals surface area (Å²) in [6.45, 7) is 7.36. The molecule has 1 aliphatic rings. The summed E-state index contributed by atoms with van der Waals surface area (Å²) < 4.78 is 0. The molecule has 0 radical (unpaired) electrons. The molecule has 2 aromatic carbocycles. The van der Waals surface area contributed by atoms with E-state index in [2.05, 4.69) is 10.2 Å². The van der Waals surface area contributed by atoms with Crippen LogP contribution in [0.15, 0.2) is 59.5 Å². The molecule has 0 bridgehead atoms. The molecule has 1 aliphatic heterocycles. The molecular formula is C26H32N6O2S. The largest absolute Gasteiger partial charge is 0.368 e. The Hall–Kier alpha value is -3.17. The van der Waals surface area contributed by atoms with Gasteiger partial charge in [-0.25, -0.2) is 9.97 Å². The van der Waals surface area contributed by atoms with Crippen molar-refractivity contribution in [3.8, 4) is 0 Å². The average Bonchev–Trinajstić information content (AvgIpc) is 2.86. The number of para-hydroxylation sites is 1. The first kappa shape index (κ1) is 24.9. The van der Waals surface area contributed by atoms with E-state index < -0.39 is 11.9 Å². The summed E-state index contributed by atoms with van der Waals surface area (Å²) in [4.78, 5) is 39.4. The van der Waals surface area contributed by atoms with E-state index in [1.54, 1.807) is 11.8 Å². The van der Waals surface area contributed by atoms with Crippen LogP contribution in [0.4, 0.5) is 5.82 Å². The second-order valence-electron chi connectivity index (χ2n) is 9.03. The molecule has 9 heteroatoms. The van der Waals surface area contributed by atoms with Crippen LogP contribution >= 0.6 is 11.8 Å². The van der Waals surface area contributed by atoms with E-state index in [1.165, 1.54) is 0 Å². The fourth-order valence-corrected chi connectivity index (χ4v) is 4.95. The lowest BCUT2D eigenvalue weighted by Crippen LogP contribution is -2.49. The minimum absolute atomic E-state index is 0.0235. The van der Waals surface area contributed by atoms with E-state index in [4.69, 9.17) is 15.7 Å². The van der Waals surface area contributed by atoms with E-state index in [9.17, 15) is 9.59 Å². The van der Waals surface area contributed by atoms with Gasteiger partial charge in [0.2, 0.25) is 11.8 Å². The Balaban J connectivity index is 1.39. The summed E-state index contributed by atoms with van der Waals surface area (Å²) in [5.41, 5.74) is 6.44. The summed E-state index contributed by atoms with van der Waals surface area (Å²) in [7, 11) is 0. The van der Waals surface area contributed by atoms with Gasteiger partial charge in [0.25, 0.3) is 0 Å². The quantitative estimate of drug-likeness (QED) is 0.443. The number of hydrogen-bond acceptors (Lipinski definition) is 7. The number of piperazine rings is 1. The Morgan fingerprint density at radius 2 is 1.69 bits per heavy atom. The third-order valence-corrected chi connectivity index (χ3v) is 7.11. The van der Waals surface area contributed by atoms with Crippen LogP contribution in [0.25, 0.3) is 10.9 Å². The molecule has 184 valence electrons. The maximum absolute atomic E-state index is 12.7. The molecule has 2 heterocycles. The lowest BCUT2D eigenvalue weighted by molar-refractivity contribution is -0.130. The van der Waals surface area contributed by atoms with Gasteiger partial charge in [-0.3, -0.25) is 14.5 Å². The number of nitrogens with one attached hydrogen (secondary N) is 1. The molecule has 1 unspecified atom stereocenters. The number of nitrogens with zero attached hydrogens (tertiary/aromatic N) is 4. The minimum Gasteiger partial charge on any atom is -0.368 e. The molecule has 1 saturated heterocycles. The van der Waals surface area contributed by atoms with Gasteiger partial charge in [0, 0.05) is 36.5 Å². The number of nitrogens with two attached hydrogens (primary N) is 1. The van der Waals surface area contributed by atoms with Crippen molar-refractivity contribution in [1.29, 1.82) is 0 Å². The molecule has 2 amide bonds. The summed E-state index contributed by atoms with van der Waals surface area (Å²) in [5.74, 6) is 1.53. The van der Waals surface area contributed by atoms with Crippen LogP contribution in [0, 0.1) is 5.92 Å². The van der Waals surface area contributed by atoms with Gasteiger partial charge >= 0.3 is 0 Å². The number of carbonyl (C=O) groups excluding carboxylic acids is 2. The highest BCUT2D eigenvalue weighted by atomic mass is 32.2. The molecule has 0 spiro atoms. The highest BCUT2D eigenvalue weighted by Gasteiger charge is 2.24. The number of anilines is 1. The monoisotopic (exact) mass is 492 g/mol. The Morgan fingerprint density at radius 3 is 2.37 bits per heavy atom. The maximum atomic E-state index is 12.7. The molecule has 3 aromatic rings. The number of rotatable bonds is 9. The van der Waals surface area contributed by atoms with Gasteiger partial charge < -0.3 is 16.0 Å². The van der Waals surface area contributed by atoms with Crippen molar-refractivity contribution >= 4 is 40.3 Å². The second kappa shape index (κ2) is 11.5. The Bertz CT molecular complexity index is 1160. The number of fused-ring (bicyclic) bond motifs is 1. The zero-order chi connectivity index (χ0) is 24.8. The van der Waals surface area contributed by atoms with Crippen molar-refractivity contribution in [2.75, 3.05) is 37.2 Å². The molecule has 8 nitrogen and oxygen atoms in total. The SMILES string of the molecule is CC(C)C(Nc1nc(CN2CCN(C(=O)CSc3ccccc3)CC2)nc2ccccc12)C(N)=O. The maximum Gasteiger partial charge on any atom is 0.240 e. The number of amides is 2. The number of aromatic nitrogens is 2. The lowest BCUT2D eigenvalue weighted by Gasteiger charge is -2.34. The average molecular weight is 493 g/mol. The van der Waals surface area contributed by atoms with Crippen molar-refractivity contribution in [2.45, 2.75) is 31.3 Å². The Morgan fingerprint density at radius 1 is 1.00 bits per heavy atom. The van der Waals surface area contributed by atoms with Crippen LogP contribution in [-0.4, -0.2) is 69.6 Å². The fourth-order valence-electron chi connectivity index (χ4n) is 4.13. The van der Waals surface area contributed by atoms with E-state index in [0.717, 1.165) is 28.9 Å². The predicted molar refractivity (Wildman–Crippen MR) is 140 cm³/mol. The third-order valence-electron chi connectivity index (χ3n) is 6.11. The van der Waals surface area contributed by atoms with Crippen LogP contribution in [0.2, 0.25) is 0 Å². The molecule has 0 aliphatic carbocycles. The highest BCUT2D eigenvalue weighted by molar-refractivity contribution is 8.00. The van der Waals surface area contributed by atoms with Gasteiger partial charge in [0.1, 0.15) is 17.7 Å². The van der Waals surface area contributed by atoms with Crippen molar-refractivity contribution < 1.29 is 9.59 Å². The first-order valence-electron chi connectivity index (χ1n) is 11.9. The van der Waals surface area contributed by atoms with Crippen molar-refractivity contribution in [3.05, 3.63) is 60.4 Å². The van der Waals surface area contributed by atoms with Crippen LogP contribution in [0.3, 0.4) is 0 Å². The molecule has 1 fully saturated rings. The van der Waals surface area contributed by atoms with E-state index in [1.807, 2.05) is 73.3 Å². The van der Waals surface area contributed by atoms with Gasteiger partial charge in [-0.2, -0.15) is 0 Å². The molecule has 0 saturated carbocycles. The standard InChI is InChI=1S/C26H32N6O2S/c1-18(2)24(25(27)34)30-26-20-10-6-7-11-21(20)28-22(29-26)16-31-12-14-32(15-13-31)23(33)17-35-19-8-4-3-5-9-19/h3-11,18,24H,12-17H2,1-2H3,(H2,27,34)(H,28,29,30). The number of primary amides is 1. The van der Waals surface area contributed by atoms with Crippen molar-refractivity contribution in [2.24, 2.45) is 11.7 Å². The predicted octanol–water partition coefficient (Wildman–Crippen LogP) is 2.99. The van der Waals surface area contributed by atoms with Gasteiger partial charge in [-0.15, -0.1) is 11.8 Å². The second-order valence-corrected chi connectivity index (χ2v) is 10.1. The van der Waals surface area contributed by atoms with Crippen molar-refractivity contribution in [1.82, 2.24) is 19.8 Å². The Labute approximate surface area is 210 Å². The molecular weight excluding hydrogens is 460 g/mol. The van der Waals surface area contributed by atoms with E-state index >= 15 is 0 Å². The normalized spacial score (nSPS) is 15.3. The molecule has 4 rings (SSSR count). The topological polar surface area (TPSA) is 104 Å². The minimum atomic E-state index is -0.524. The van der Waals surface area contributed by atoms with Gasteiger partial charge in [-0.05, 0) is 30.2 Å². The van der Waals surface area contributed by atoms with Crippen LogP contribution < -0.4 is 11.1 Å². The zero-order valence-electron chi connectivity index (χ0n) is 20.2. The number of thioether (sulfide) groups is 1. The molecule has 1 atom stereocenters. The van der Waals surface area contributed by atoms with Gasteiger partial charge in [-0.1, -0.05) is 44.2 Å². The first-order valence-corrected chi connectivity index (χ1v) is 12.9. The molecule has 3 N–H and O–H groups in total. The summed E-state index contributed by atoms with van der Waals surface area (Å²) in [6.07, 6.45) is 0. The number of carbonyl (C=O) groups is 2. The van der Waals surface area contributed by atoms with Crippen LogP contribution in [0.1, 0.15) is 19.7 Å². The fraction of sp³-hybridized carbons (Fsp3) is 0.385.